The van der Waals surface area contributed by atoms with Crippen molar-refractivity contribution in [3.8, 4) is 0 Å². The third-order valence-electron chi connectivity index (χ3n) is 4.13. The molecule has 6 nitrogen and oxygen atoms in total. The third-order valence-corrected chi connectivity index (χ3v) is 4.13. The van der Waals surface area contributed by atoms with Crippen molar-refractivity contribution in [1.82, 2.24) is 14.9 Å². The van der Waals surface area contributed by atoms with Crippen LogP contribution in [0.3, 0.4) is 0 Å². The first-order valence-electron chi connectivity index (χ1n) is 8.13. The molecule has 122 valence electrons. The largest absolute Gasteiger partial charge is 0.393 e. The van der Waals surface area contributed by atoms with Gasteiger partial charge in [0.1, 0.15) is 12.0 Å². The van der Waals surface area contributed by atoms with Crippen LogP contribution in [0.2, 0.25) is 0 Å². The van der Waals surface area contributed by atoms with Gasteiger partial charge in [-0.05, 0) is 12.5 Å². The zero-order valence-electron chi connectivity index (χ0n) is 13.6. The van der Waals surface area contributed by atoms with Crippen LogP contribution >= 0.6 is 0 Å². The minimum atomic E-state index is 0.644. The second-order valence-corrected chi connectivity index (χ2v) is 5.74. The van der Waals surface area contributed by atoms with Crippen LogP contribution in [0.4, 0.5) is 17.3 Å². The molecule has 0 amide bonds. The number of nitrogens with one attached hydrogen (secondary N) is 1. The van der Waals surface area contributed by atoms with Crippen LogP contribution in [0.1, 0.15) is 12.5 Å². The van der Waals surface area contributed by atoms with Crippen molar-refractivity contribution in [2.45, 2.75) is 13.5 Å². The Hall–Kier alpha value is -2.34. The van der Waals surface area contributed by atoms with Crippen LogP contribution in [0.5, 0.6) is 0 Å². The van der Waals surface area contributed by atoms with Crippen molar-refractivity contribution in [2.75, 3.05) is 48.7 Å². The van der Waals surface area contributed by atoms with E-state index in [2.05, 4.69) is 55.4 Å². The van der Waals surface area contributed by atoms with Gasteiger partial charge in [0.15, 0.2) is 11.6 Å². The van der Waals surface area contributed by atoms with Crippen LogP contribution < -0.4 is 16.0 Å². The normalized spacial score (nSPS) is 15.6. The number of rotatable bonds is 5. The molecule has 3 rings (SSSR count). The molecule has 3 N–H and O–H groups in total. The van der Waals surface area contributed by atoms with Gasteiger partial charge in [-0.25, -0.2) is 9.97 Å². The number of benzene rings is 1. The molecule has 0 atom stereocenters. The average molecular weight is 312 g/mol. The van der Waals surface area contributed by atoms with Gasteiger partial charge in [0.2, 0.25) is 0 Å². The van der Waals surface area contributed by atoms with E-state index >= 15 is 0 Å². The van der Waals surface area contributed by atoms with Gasteiger partial charge in [-0.2, -0.15) is 0 Å². The van der Waals surface area contributed by atoms with Crippen molar-refractivity contribution < 1.29 is 0 Å². The first kappa shape index (κ1) is 15.6. The summed E-state index contributed by atoms with van der Waals surface area (Å²) in [4.78, 5) is 13.3. The Morgan fingerprint density at radius 2 is 1.83 bits per heavy atom. The van der Waals surface area contributed by atoms with Crippen molar-refractivity contribution in [1.29, 1.82) is 0 Å². The summed E-state index contributed by atoms with van der Waals surface area (Å²) < 4.78 is 0. The lowest BCUT2D eigenvalue weighted by atomic mass is 10.2. The second kappa shape index (κ2) is 7.28. The molecular formula is C17H24N6. The molecule has 2 aromatic rings. The van der Waals surface area contributed by atoms with E-state index in [9.17, 15) is 0 Å². The summed E-state index contributed by atoms with van der Waals surface area (Å²) in [6.45, 7) is 7.70. The minimum Gasteiger partial charge on any atom is -0.393 e. The predicted octanol–water partition coefficient (Wildman–Crippen LogP) is 1.81. The topological polar surface area (TPSA) is 70.3 Å². The minimum absolute atomic E-state index is 0.644. The number of nitrogens with zero attached hydrogens (tertiary/aromatic N) is 4. The molecule has 1 aliphatic heterocycles. The molecule has 0 saturated carbocycles. The predicted molar refractivity (Wildman–Crippen MR) is 94.5 cm³/mol. The molecule has 1 aromatic carbocycles. The lowest BCUT2D eigenvalue weighted by Crippen LogP contribution is -2.46. The van der Waals surface area contributed by atoms with Crippen LogP contribution in [-0.4, -0.2) is 47.6 Å². The first-order valence-corrected chi connectivity index (χ1v) is 8.13. The highest BCUT2D eigenvalue weighted by atomic mass is 15.3. The molecule has 0 spiro atoms. The van der Waals surface area contributed by atoms with E-state index in [1.165, 1.54) is 5.56 Å². The molecule has 1 fully saturated rings. The van der Waals surface area contributed by atoms with Gasteiger partial charge in [-0.1, -0.05) is 30.3 Å². The lowest BCUT2D eigenvalue weighted by molar-refractivity contribution is 0.249. The summed E-state index contributed by atoms with van der Waals surface area (Å²) in [6.07, 6.45) is 1.58. The number of hydrogen-bond acceptors (Lipinski definition) is 6. The van der Waals surface area contributed by atoms with Gasteiger partial charge in [0.05, 0.1) is 0 Å². The summed E-state index contributed by atoms with van der Waals surface area (Å²) in [5.41, 5.74) is 8.22. The molecule has 0 unspecified atom stereocenters. The van der Waals surface area contributed by atoms with E-state index in [0.717, 1.165) is 50.9 Å². The van der Waals surface area contributed by atoms with Gasteiger partial charge < -0.3 is 16.0 Å². The number of anilines is 3. The highest BCUT2D eigenvalue weighted by Gasteiger charge is 2.21. The van der Waals surface area contributed by atoms with Crippen LogP contribution in [0.25, 0.3) is 0 Å². The molecule has 1 saturated heterocycles. The SMILES string of the molecule is CCNc1ncnc(N2CCN(Cc3ccccc3)CC2)c1N. The molecule has 1 aromatic heterocycles. The fourth-order valence-electron chi connectivity index (χ4n) is 2.91. The standard InChI is InChI=1S/C17H24N6/c1-2-19-16-15(18)17(21-13-20-16)23-10-8-22(9-11-23)12-14-6-4-3-5-7-14/h3-7,13H,2,8-12,18H2,1H3,(H,19,20,21). The Morgan fingerprint density at radius 3 is 2.52 bits per heavy atom. The molecule has 0 radical (unpaired) electrons. The molecule has 0 bridgehead atoms. The highest BCUT2D eigenvalue weighted by molar-refractivity contribution is 5.74. The molecule has 1 aliphatic rings. The fraction of sp³-hybridized carbons (Fsp3) is 0.412. The second-order valence-electron chi connectivity index (χ2n) is 5.74. The number of aromatic nitrogens is 2. The lowest BCUT2D eigenvalue weighted by Gasteiger charge is -2.36. The van der Waals surface area contributed by atoms with Crippen LogP contribution in [0.15, 0.2) is 36.7 Å². The van der Waals surface area contributed by atoms with Gasteiger partial charge in [0.25, 0.3) is 0 Å². The molecule has 2 heterocycles. The van der Waals surface area contributed by atoms with Gasteiger partial charge >= 0.3 is 0 Å². The first-order chi connectivity index (χ1) is 11.3. The summed E-state index contributed by atoms with van der Waals surface area (Å²) in [5.74, 6) is 1.57. The van der Waals surface area contributed by atoms with Crippen molar-refractivity contribution in [2.24, 2.45) is 0 Å². The third kappa shape index (κ3) is 3.71. The van der Waals surface area contributed by atoms with E-state index in [4.69, 9.17) is 5.73 Å². The summed E-state index contributed by atoms with van der Waals surface area (Å²) in [7, 11) is 0. The summed E-state index contributed by atoms with van der Waals surface area (Å²) in [5, 5.41) is 3.18. The molecule has 6 heteroatoms. The molecular weight excluding hydrogens is 288 g/mol. The van der Waals surface area contributed by atoms with E-state index in [1.807, 2.05) is 6.92 Å². The fourth-order valence-corrected chi connectivity index (χ4v) is 2.91. The van der Waals surface area contributed by atoms with E-state index in [-0.39, 0.29) is 0 Å². The van der Waals surface area contributed by atoms with Crippen molar-refractivity contribution in [3.05, 3.63) is 42.2 Å². The Balaban J connectivity index is 1.62. The number of nitrogens with two attached hydrogens (primary N) is 1. The quantitative estimate of drug-likeness (QED) is 0.877. The number of nitrogen functional groups attached to an aromatic ring is 1. The molecule has 23 heavy (non-hydrogen) atoms. The maximum atomic E-state index is 6.22. The van der Waals surface area contributed by atoms with E-state index in [1.54, 1.807) is 6.33 Å². The van der Waals surface area contributed by atoms with Gasteiger partial charge in [-0.15, -0.1) is 0 Å². The van der Waals surface area contributed by atoms with Gasteiger partial charge in [0, 0.05) is 39.3 Å². The number of hydrogen-bond donors (Lipinski definition) is 2. The van der Waals surface area contributed by atoms with Crippen LogP contribution in [-0.2, 0) is 6.54 Å². The zero-order valence-corrected chi connectivity index (χ0v) is 13.6. The Kier molecular flexibility index (Phi) is 4.92. The maximum absolute atomic E-state index is 6.22. The average Bonchev–Trinajstić information content (AvgIpc) is 2.59. The van der Waals surface area contributed by atoms with Gasteiger partial charge in [-0.3, -0.25) is 4.90 Å². The van der Waals surface area contributed by atoms with Crippen LogP contribution in [0, 0.1) is 0 Å². The van der Waals surface area contributed by atoms with Crippen molar-refractivity contribution >= 4 is 17.3 Å². The monoisotopic (exact) mass is 312 g/mol. The number of piperazine rings is 1. The highest BCUT2D eigenvalue weighted by Crippen LogP contribution is 2.26. The smallest absolute Gasteiger partial charge is 0.157 e. The Labute approximate surface area is 137 Å². The maximum Gasteiger partial charge on any atom is 0.157 e. The Bertz CT molecular complexity index is 622. The Morgan fingerprint density at radius 1 is 1.09 bits per heavy atom. The van der Waals surface area contributed by atoms with E-state index < -0.39 is 0 Å². The summed E-state index contributed by atoms with van der Waals surface area (Å²) in [6, 6.07) is 10.6. The summed E-state index contributed by atoms with van der Waals surface area (Å²) >= 11 is 0. The van der Waals surface area contributed by atoms with E-state index in [0.29, 0.717) is 5.69 Å². The zero-order chi connectivity index (χ0) is 16.1. The molecule has 0 aliphatic carbocycles. The van der Waals surface area contributed by atoms with Crippen molar-refractivity contribution in [3.63, 3.8) is 0 Å².